The third-order valence-electron chi connectivity index (χ3n) is 4.10. The molecule has 4 rings (SSSR count). The minimum Gasteiger partial charge on any atom is -0.204 e. The maximum Gasteiger partial charge on any atom is 0.166 e. The second-order valence-corrected chi connectivity index (χ2v) is 7.42. The Kier molecular flexibility index (Phi) is 3.89. The van der Waals surface area contributed by atoms with Crippen LogP contribution in [0.2, 0.25) is 0 Å². The van der Waals surface area contributed by atoms with Gasteiger partial charge in [0, 0.05) is 20.1 Å². The van der Waals surface area contributed by atoms with Crippen molar-refractivity contribution in [3.8, 4) is 11.1 Å². The van der Waals surface area contributed by atoms with Crippen LogP contribution in [0.1, 0.15) is 0 Å². The largest absolute Gasteiger partial charge is 0.204 e. The van der Waals surface area contributed by atoms with E-state index in [1.807, 2.05) is 36.4 Å². The Balaban J connectivity index is 2.23. The Hall–Kier alpha value is -1.78. The van der Waals surface area contributed by atoms with Crippen molar-refractivity contribution in [3.63, 3.8) is 0 Å². The highest BCUT2D eigenvalue weighted by molar-refractivity contribution is 9.10. The molecule has 0 aliphatic rings. The fraction of sp³-hybridized carbons (Fsp3) is 0. The van der Waals surface area contributed by atoms with Crippen LogP contribution < -0.4 is 0 Å². The molecule has 0 nitrogen and oxygen atoms in total. The summed E-state index contributed by atoms with van der Waals surface area (Å²) in [5.74, 6) is -1.66. The van der Waals surface area contributed by atoms with Crippen molar-refractivity contribution >= 4 is 53.4 Å². The van der Waals surface area contributed by atoms with Gasteiger partial charge in [-0.3, -0.25) is 0 Å². The van der Waals surface area contributed by atoms with Gasteiger partial charge in [-0.2, -0.15) is 0 Å². The van der Waals surface area contributed by atoms with Gasteiger partial charge < -0.3 is 0 Å². The highest BCUT2D eigenvalue weighted by Gasteiger charge is 2.16. The molecule has 0 aromatic heterocycles. The summed E-state index contributed by atoms with van der Waals surface area (Å²) in [6.07, 6.45) is 0. The third-order valence-corrected chi connectivity index (χ3v) is 5.08. The number of rotatable bonds is 1. The predicted octanol–water partition coefficient (Wildman–Crippen LogP) is 7.46. The molecule has 0 fully saturated rings. The Morgan fingerprint density at radius 2 is 1.25 bits per heavy atom. The van der Waals surface area contributed by atoms with Crippen molar-refractivity contribution in [1.82, 2.24) is 0 Å². The summed E-state index contributed by atoms with van der Waals surface area (Å²) in [5, 5.41) is 3.71. The molecule has 0 bridgehead atoms. The van der Waals surface area contributed by atoms with Gasteiger partial charge in [0.05, 0.1) is 0 Å². The van der Waals surface area contributed by atoms with E-state index in [1.54, 1.807) is 6.07 Å². The van der Waals surface area contributed by atoms with Crippen molar-refractivity contribution in [2.24, 2.45) is 0 Å². The molecular weight excluding hydrogens is 438 g/mol. The van der Waals surface area contributed by atoms with Gasteiger partial charge in [-0.1, -0.05) is 56.1 Å². The van der Waals surface area contributed by atoms with Crippen molar-refractivity contribution in [1.29, 1.82) is 0 Å². The zero-order valence-corrected chi connectivity index (χ0v) is 15.5. The maximum absolute atomic E-state index is 14.5. The van der Waals surface area contributed by atoms with Gasteiger partial charge in [0.1, 0.15) is 0 Å². The zero-order chi connectivity index (χ0) is 16.8. The second kappa shape index (κ2) is 5.94. The van der Waals surface area contributed by atoms with Gasteiger partial charge in [-0.05, 0) is 57.9 Å². The van der Waals surface area contributed by atoms with Crippen LogP contribution in [0.25, 0.3) is 32.7 Å². The monoisotopic (exact) mass is 446 g/mol. The van der Waals surface area contributed by atoms with Crippen LogP contribution in [-0.4, -0.2) is 0 Å². The van der Waals surface area contributed by atoms with Crippen molar-refractivity contribution in [3.05, 3.63) is 81.2 Å². The minimum absolute atomic E-state index is 0.273. The van der Waals surface area contributed by atoms with Crippen molar-refractivity contribution < 1.29 is 8.78 Å². The lowest BCUT2D eigenvalue weighted by Crippen LogP contribution is -1.92. The van der Waals surface area contributed by atoms with Gasteiger partial charge in [-0.25, -0.2) is 8.78 Å². The summed E-state index contributed by atoms with van der Waals surface area (Å²) >= 11 is 6.95. The molecule has 4 heteroatoms. The van der Waals surface area contributed by atoms with Gasteiger partial charge in [-0.15, -0.1) is 0 Å². The van der Waals surface area contributed by atoms with E-state index < -0.39 is 11.6 Å². The van der Waals surface area contributed by atoms with Crippen molar-refractivity contribution in [2.45, 2.75) is 0 Å². The van der Waals surface area contributed by atoms with Gasteiger partial charge in [0.25, 0.3) is 0 Å². The molecule has 0 radical (unpaired) electrons. The first kappa shape index (κ1) is 15.7. The highest BCUT2D eigenvalue weighted by Crippen LogP contribution is 2.39. The van der Waals surface area contributed by atoms with E-state index in [2.05, 4.69) is 37.9 Å². The Morgan fingerprint density at radius 3 is 1.83 bits per heavy atom. The molecule has 0 N–H and O–H groups in total. The van der Waals surface area contributed by atoms with Gasteiger partial charge in [0.2, 0.25) is 0 Å². The smallest absolute Gasteiger partial charge is 0.166 e. The first-order chi connectivity index (χ1) is 11.5. The Morgan fingerprint density at radius 1 is 0.667 bits per heavy atom. The summed E-state index contributed by atoms with van der Waals surface area (Å²) in [7, 11) is 0. The SMILES string of the molecule is Fc1cccc(-c2c3ccc(Br)cc3cc3cc(Br)ccc23)c1F. The van der Waals surface area contributed by atoms with Crippen LogP contribution in [0, 0.1) is 11.6 Å². The third kappa shape index (κ3) is 2.54. The van der Waals surface area contributed by atoms with Crippen LogP contribution in [0.15, 0.2) is 69.6 Å². The minimum atomic E-state index is -0.841. The lowest BCUT2D eigenvalue weighted by Gasteiger charge is -2.13. The fourth-order valence-corrected chi connectivity index (χ4v) is 3.82. The summed E-state index contributed by atoms with van der Waals surface area (Å²) in [6.45, 7) is 0. The van der Waals surface area contributed by atoms with Crippen LogP contribution in [0.4, 0.5) is 8.78 Å². The Bertz CT molecular complexity index is 1040. The molecule has 0 heterocycles. The highest BCUT2D eigenvalue weighted by atomic mass is 79.9. The average molecular weight is 448 g/mol. The van der Waals surface area contributed by atoms with E-state index in [9.17, 15) is 8.78 Å². The molecule has 4 aromatic rings. The summed E-state index contributed by atoms with van der Waals surface area (Å²) in [5.41, 5.74) is 0.981. The summed E-state index contributed by atoms with van der Waals surface area (Å²) in [6, 6.07) is 18.0. The quantitative estimate of drug-likeness (QED) is 0.265. The van der Waals surface area contributed by atoms with E-state index in [4.69, 9.17) is 0 Å². The maximum atomic E-state index is 14.5. The molecule has 0 aliphatic heterocycles. The molecular formula is C20H10Br2F2. The number of hydrogen-bond donors (Lipinski definition) is 0. The number of fused-ring (bicyclic) bond motifs is 2. The zero-order valence-electron chi connectivity index (χ0n) is 12.3. The van der Waals surface area contributed by atoms with Crippen LogP contribution in [0.5, 0.6) is 0 Å². The molecule has 0 aliphatic carbocycles. The molecule has 24 heavy (non-hydrogen) atoms. The summed E-state index contributed by atoms with van der Waals surface area (Å²) in [4.78, 5) is 0. The second-order valence-electron chi connectivity index (χ2n) is 5.58. The number of halogens is 4. The Labute approximate surface area is 154 Å². The fourth-order valence-electron chi connectivity index (χ4n) is 3.06. The molecule has 0 unspecified atom stereocenters. The molecule has 118 valence electrons. The molecule has 0 saturated carbocycles. The molecule has 0 atom stereocenters. The lowest BCUT2D eigenvalue weighted by molar-refractivity contribution is 0.511. The first-order valence-corrected chi connectivity index (χ1v) is 8.89. The molecule has 0 spiro atoms. The molecule has 4 aromatic carbocycles. The van der Waals surface area contributed by atoms with Crippen LogP contribution >= 0.6 is 31.9 Å². The molecule has 0 amide bonds. The normalized spacial score (nSPS) is 11.3. The first-order valence-electron chi connectivity index (χ1n) is 7.30. The number of hydrogen-bond acceptors (Lipinski definition) is 0. The number of benzene rings is 4. The molecule has 0 saturated heterocycles. The lowest BCUT2D eigenvalue weighted by atomic mass is 9.92. The van der Waals surface area contributed by atoms with Crippen LogP contribution in [0.3, 0.4) is 0 Å². The van der Waals surface area contributed by atoms with E-state index in [0.29, 0.717) is 5.56 Å². The average Bonchev–Trinajstić information content (AvgIpc) is 2.55. The summed E-state index contributed by atoms with van der Waals surface area (Å²) < 4.78 is 30.2. The van der Waals surface area contributed by atoms with Crippen LogP contribution in [-0.2, 0) is 0 Å². The van der Waals surface area contributed by atoms with E-state index >= 15 is 0 Å². The van der Waals surface area contributed by atoms with Gasteiger partial charge >= 0.3 is 0 Å². The standard InChI is InChI=1S/C20H10Br2F2/c21-13-4-6-15-11(9-13)8-12-10-14(22)5-7-16(12)19(15)17-2-1-3-18(23)20(17)24/h1-10H. The van der Waals surface area contributed by atoms with E-state index in [1.165, 1.54) is 6.07 Å². The predicted molar refractivity (Wildman–Crippen MR) is 102 cm³/mol. The van der Waals surface area contributed by atoms with Gasteiger partial charge in [0.15, 0.2) is 11.6 Å². The van der Waals surface area contributed by atoms with E-state index in [0.717, 1.165) is 36.6 Å². The van der Waals surface area contributed by atoms with E-state index in [-0.39, 0.29) is 5.56 Å². The topological polar surface area (TPSA) is 0 Å². The van der Waals surface area contributed by atoms with Crippen molar-refractivity contribution in [2.75, 3.05) is 0 Å².